The maximum Gasteiger partial charge on any atom is 0.151 e. The van der Waals surface area contributed by atoms with Crippen molar-refractivity contribution in [2.24, 2.45) is 0 Å². The normalized spacial score (nSPS) is 19.5. The number of quaternary nitrogens is 1. The number of hydrogen-bond donors (Lipinski definition) is 0. The third kappa shape index (κ3) is 3.27. The molecule has 4 nitrogen and oxygen atoms in total. The first kappa shape index (κ1) is 12.6. The van der Waals surface area contributed by atoms with E-state index < -0.39 is 0 Å². The highest BCUT2D eigenvalue weighted by atomic mass is 127. The summed E-state index contributed by atoms with van der Waals surface area (Å²) in [4.78, 5) is 2.30. The third-order valence-electron chi connectivity index (χ3n) is 2.83. The lowest BCUT2D eigenvalue weighted by Gasteiger charge is -2.39. The van der Waals surface area contributed by atoms with Crippen LogP contribution in [0.3, 0.4) is 0 Å². The zero-order valence-corrected chi connectivity index (χ0v) is 11.4. The molecule has 1 fully saturated rings. The zero-order valence-electron chi connectivity index (χ0n) is 9.23. The predicted molar refractivity (Wildman–Crippen MR) is 56.1 cm³/mol. The van der Waals surface area contributed by atoms with Gasteiger partial charge in [0, 0.05) is 6.20 Å². The van der Waals surface area contributed by atoms with Crippen molar-refractivity contribution in [2.75, 3.05) is 45.2 Å². The van der Waals surface area contributed by atoms with Gasteiger partial charge in [-0.05, 0) is 12.1 Å². The summed E-state index contributed by atoms with van der Waals surface area (Å²) >= 11 is 0. The molecule has 5 heteroatoms. The first-order valence-electron chi connectivity index (χ1n) is 5.02. The van der Waals surface area contributed by atoms with Crippen molar-refractivity contribution in [1.82, 2.24) is 10.2 Å². The van der Waals surface area contributed by atoms with E-state index in [2.05, 4.69) is 29.2 Å². The number of aromatic nitrogens is 2. The average Bonchev–Trinajstić information content (AvgIpc) is 2.19. The average molecular weight is 320 g/mol. The van der Waals surface area contributed by atoms with Crippen LogP contribution < -0.4 is 28.9 Å². The number of anilines is 1. The van der Waals surface area contributed by atoms with E-state index >= 15 is 0 Å². The molecule has 0 aromatic carbocycles. The topological polar surface area (TPSA) is 29.0 Å². The largest absolute Gasteiger partial charge is 1.00 e. The van der Waals surface area contributed by atoms with Gasteiger partial charge in [0.15, 0.2) is 5.82 Å². The van der Waals surface area contributed by atoms with Gasteiger partial charge >= 0.3 is 0 Å². The molecule has 84 valence electrons. The summed E-state index contributed by atoms with van der Waals surface area (Å²) in [6.07, 6.45) is 1.72. The molecule has 1 aliphatic heterocycles. The fourth-order valence-corrected chi connectivity index (χ4v) is 1.70. The van der Waals surface area contributed by atoms with Gasteiger partial charge in [0.25, 0.3) is 0 Å². The molecule has 0 aliphatic carbocycles. The second-order valence-electron chi connectivity index (χ2n) is 4.45. The molecule has 0 radical (unpaired) electrons. The van der Waals surface area contributed by atoms with Crippen molar-refractivity contribution in [3.05, 3.63) is 18.3 Å². The summed E-state index contributed by atoms with van der Waals surface area (Å²) in [7, 11) is 4.54. The fourth-order valence-electron chi connectivity index (χ4n) is 1.70. The van der Waals surface area contributed by atoms with Crippen LogP contribution in [-0.2, 0) is 0 Å². The Balaban J connectivity index is 0.00000112. The smallest absolute Gasteiger partial charge is 0.151 e. The highest BCUT2D eigenvalue weighted by Crippen LogP contribution is 2.13. The number of piperazine rings is 1. The highest BCUT2D eigenvalue weighted by Gasteiger charge is 2.24. The van der Waals surface area contributed by atoms with E-state index in [4.69, 9.17) is 0 Å². The molecule has 0 atom stereocenters. The van der Waals surface area contributed by atoms with Crippen LogP contribution >= 0.6 is 0 Å². The Morgan fingerprint density at radius 2 is 1.93 bits per heavy atom. The minimum atomic E-state index is 0. The van der Waals surface area contributed by atoms with Gasteiger partial charge in [-0.15, -0.1) is 5.10 Å². The summed E-state index contributed by atoms with van der Waals surface area (Å²) in [5.41, 5.74) is 0. The van der Waals surface area contributed by atoms with Crippen molar-refractivity contribution >= 4 is 5.82 Å². The van der Waals surface area contributed by atoms with Crippen molar-refractivity contribution in [2.45, 2.75) is 0 Å². The maximum atomic E-state index is 4.12. The lowest BCUT2D eigenvalue weighted by molar-refractivity contribution is -0.890. The van der Waals surface area contributed by atoms with Crippen molar-refractivity contribution < 1.29 is 28.5 Å². The van der Waals surface area contributed by atoms with Gasteiger partial charge < -0.3 is 33.4 Å². The predicted octanol–water partition coefficient (Wildman–Crippen LogP) is -2.62. The summed E-state index contributed by atoms with van der Waals surface area (Å²) in [5.74, 6) is 1.01. The minimum Gasteiger partial charge on any atom is -1.00 e. The monoisotopic (exact) mass is 320 g/mol. The van der Waals surface area contributed by atoms with Crippen LogP contribution in [0, 0.1) is 0 Å². The van der Waals surface area contributed by atoms with E-state index in [-0.39, 0.29) is 24.0 Å². The lowest BCUT2D eigenvalue weighted by Crippen LogP contribution is -3.00. The Morgan fingerprint density at radius 3 is 2.47 bits per heavy atom. The van der Waals surface area contributed by atoms with Crippen LogP contribution in [0.25, 0.3) is 0 Å². The highest BCUT2D eigenvalue weighted by molar-refractivity contribution is 5.36. The fraction of sp³-hybridized carbons (Fsp3) is 0.600. The summed E-state index contributed by atoms with van der Waals surface area (Å²) in [6, 6.07) is 3.97. The second-order valence-corrected chi connectivity index (χ2v) is 4.45. The quantitative estimate of drug-likeness (QED) is 0.419. The van der Waals surface area contributed by atoms with E-state index in [1.807, 2.05) is 12.1 Å². The van der Waals surface area contributed by atoms with E-state index in [0.717, 1.165) is 23.4 Å². The number of hydrogen-bond acceptors (Lipinski definition) is 3. The third-order valence-corrected chi connectivity index (χ3v) is 2.83. The van der Waals surface area contributed by atoms with Gasteiger partial charge in [-0.2, -0.15) is 5.10 Å². The molecule has 1 aliphatic rings. The van der Waals surface area contributed by atoms with Gasteiger partial charge in [0.2, 0.25) is 0 Å². The lowest BCUT2D eigenvalue weighted by atomic mass is 10.3. The molecule has 0 unspecified atom stereocenters. The molecule has 0 N–H and O–H groups in total. The zero-order chi connectivity index (χ0) is 10.0. The van der Waals surface area contributed by atoms with E-state index in [9.17, 15) is 0 Å². The summed E-state index contributed by atoms with van der Waals surface area (Å²) in [6.45, 7) is 4.50. The Morgan fingerprint density at radius 1 is 1.27 bits per heavy atom. The van der Waals surface area contributed by atoms with Crippen LogP contribution in [-0.4, -0.2) is 55.0 Å². The van der Waals surface area contributed by atoms with Crippen molar-refractivity contribution in [1.29, 1.82) is 0 Å². The SMILES string of the molecule is C[N+]1(C)CCN(c2cccnn2)CC1.[I-]. The minimum absolute atomic E-state index is 0. The first-order chi connectivity index (χ1) is 6.67. The molecule has 1 aromatic rings. The van der Waals surface area contributed by atoms with Gasteiger partial charge in [-0.1, -0.05) is 0 Å². The number of halogens is 1. The van der Waals surface area contributed by atoms with Crippen LogP contribution in [0.15, 0.2) is 18.3 Å². The molecule has 2 heterocycles. The van der Waals surface area contributed by atoms with Crippen molar-refractivity contribution in [3.63, 3.8) is 0 Å². The number of rotatable bonds is 1. The molecular weight excluding hydrogens is 303 g/mol. The van der Waals surface area contributed by atoms with Crippen LogP contribution in [0.4, 0.5) is 5.82 Å². The van der Waals surface area contributed by atoms with E-state index in [0.29, 0.717) is 0 Å². The standard InChI is InChI=1S/C10H17N4.HI/c1-14(2)8-6-13(7-9-14)10-4-3-5-11-12-10;/h3-5H,6-9H2,1-2H3;1H/q+1;/p-1. The van der Waals surface area contributed by atoms with Crippen LogP contribution in [0.5, 0.6) is 0 Å². The molecule has 1 aromatic heterocycles. The van der Waals surface area contributed by atoms with E-state index in [1.54, 1.807) is 6.20 Å². The molecular formula is C10H17IN4. The Bertz CT molecular complexity index is 292. The summed E-state index contributed by atoms with van der Waals surface area (Å²) in [5, 5.41) is 8.02. The van der Waals surface area contributed by atoms with Gasteiger partial charge in [0.1, 0.15) is 0 Å². The Kier molecular flexibility index (Phi) is 4.27. The molecule has 0 bridgehead atoms. The number of likely N-dealkylation sites (N-methyl/N-ethyl adjacent to an activating group) is 1. The van der Waals surface area contributed by atoms with Gasteiger partial charge in [0.05, 0.1) is 40.3 Å². The Hall–Kier alpha value is -0.430. The number of nitrogens with zero attached hydrogens (tertiary/aromatic N) is 4. The molecule has 0 amide bonds. The molecule has 15 heavy (non-hydrogen) atoms. The molecule has 1 saturated heterocycles. The van der Waals surface area contributed by atoms with Gasteiger partial charge in [-0.3, -0.25) is 0 Å². The molecule has 2 rings (SSSR count). The van der Waals surface area contributed by atoms with Crippen molar-refractivity contribution in [3.8, 4) is 0 Å². The Labute approximate surface area is 108 Å². The maximum absolute atomic E-state index is 4.12. The van der Waals surface area contributed by atoms with E-state index in [1.165, 1.54) is 13.1 Å². The van der Waals surface area contributed by atoms with Crippen LogP contribution in [0.1, 0.15) is 0 Å². The van der Waals surface area contributed by atoms with Crippen LogP contribution in [0.2, 0.25) is 0 Å². The summed E-state index contributed by atoms with van der Waals surface area (Å²) < 4.78 is 1.11. The van der Waals surface area contributed by atoms with Gasteiger partial charge in [-0.25, -0.2) is 0 Å². The first-order valence-corrected chi connectivity index (χ1v) is 5.02. The molecule has 0 saturated carbocycles. The molecule has 0 spiro atoms. The second kappa shape index (κ2) is 5.07.